The number of aromatic nitrogens is 3. The summed E-state index contributed by atoms with van der Waals surface area (Å²) in [6, 6.07) is 17.6. The first-order valence-electron chi connectivity index (χ1n) is 10.2. The summed E-state index contributed by atoms with van der Waals surface area (Å²) < 4.78 is 5.55. The van der Waals surface area contributed by atoms with Gasteiger partial charge in [0.05, 0.1) is 17.7 Å². The number of hydrogen-bond acceptors (Lipinski definition) is 7. The second kappa shape index (κ2) is 9.23. The molecule has 2 aromatic carbocycles. The quantitative estimate of drug-likeness (QED) is 0.191. The predicted molar refractivity (Wildman–Crippen MR) is 131 cm³/mol. The fourth-order valence-corrected chi connectivity index (χ4v) is 4.00. The molecule has 4 aromatic rings. The van der Waals surface area contributed by atoms with E-state index in [0.717, 1.165) is 16.8 Å². The van der Waals surface area contributed by atoms with Gasteiger partial charge in [0.15, 0.2) is 17.3 Å². The number of hydrogen-bond donors (Lipinski definition) is 3. The number of nitrogen functional groups attached to an aromatic ring is 1. The van der Waals surface area contributed by atoms with Gasteiger partial charge in [0.25, 0.3) is 0 Å². The van der Waals surface area contributed by atoms with Crippen LogP contribution in [0.5, 0.6) is 0 Å². The monoisotopic (exact) mass is 444 g/mol. The largest absolute Gasteiger partial charge is 0.382 e. The van der Waals surface area contributed by atoms with Gasteiger partial charge in [-0.2, -0.15) is 0 Å². The van der Waals surface area contributed by atoms with E-state index in [1.165, 1.54) is 4.90 Å². The normalized spacial score (nSPS) is 11.0. The third-order valence-electron chi connectivity index (χ3n) is 4.58. The highest BCUT2D eigenvalue weighted by atomic mass is 32.2. The Hall–Kier alpha value is -3.65. The van der Waals surface area contributed by atoms with Crippen LogP contribution in [0.4, 0.5) is 11.5 Å². The standard InChI is InChI=1S/C24H24N6OS/c1-14(2)32-19-10-6-17(7-11-19)21-13-27-24(26)23(29-21)22-12-20(30-31-22)16-4-8-18(9-5-16)28-15(3)25/h4-14H,1-3H3,(H2,25,28)(H2,26,27). The zero-order valence-electron chi connectivity index (χ0n) is 18.1. The Morgan fingerprint density at radius 3 is 2.34 bits per heavy atom. The minimum atomic E-state index is 0.282. The molecule has 4 rings (SSSR count). The highest BCUT2D eigenvalue weighted by Gasteiger charge is 2.15. The number of thioether (sulfide) groups is 1. The van der Waals surface area contributed by atoms with E-state index in [9.17, 15) is 0 Å². The molecule has 8 heteroatoms. The average Bonchev–Trinajstić information content (AvgIpc) is 3.24. The van der Waals surface area contributed by atoms with Crippen LogP contribution in [0.3, 0.4) is 0 Å². The van der Waals surface area contributed by atoms with E-state index in [4.69, 9.17) is 20.7 Å². The molecule has 0 aliphatic rings. The lowest BCUT2D eigenvalue weighted by molar-refractivity contribution is 0.434. The van der Waals surface area contributed by atoms with Crippen molar-refractivity contribution in [3.8, 4) is 34.0 Å². The first-order valence-corrected chi connectivity index (χ1v) is 11.1. The lowest BCUT2D eigenvalue weighted by Crippen LogP contribution is -2.04. The molecule has 4 N–H and O–H groups in total. The van der Waals surface area contributed by atoms with Gasteiger partial charge in [0.1, 0.15) is 5.69 Å². The molecule has 2 aromatic heterocycles. The smallest absolute Gasteiger partial charge is 0.189 e. The van der Waals surface area contributed by atoms with Crippen molar-refractivity contribution in [2.24, 2.45) is 0 Å². The molecule has 0 saturated carbocycles. The van der Waals surface area contributed by atoms with Crippen LogP contribution in [0.25, 0.3) is 34.0 Å². The van der Waals surface area contributed by atoms with Crippen LogP contribution in [-0.2, 0) is 0 Å². The molecule has 0 saturated heterocycles. The number of nitrogens with two attached hydrogens (primary N) is 1. The van der Waals surface area contributed by atoms with Crippen molar-refractivity contribution >= 4 is 29.1 Å². The fraction of sp³-hybridized carbons (Fsp3) is 0.167. The summed E-state index contributed by atoms with van der Waals surface area (Å²) >= 11 is 1.82. The molecule has 0 aliphatic heterocycles. The summed E-state index contributed by atoms with van der Waals surface area (Å²) in [6.45, 7) is 6.03. The van der Waals surface area contributed by atoms with Gasteiger partial charge in [-0.15, -0.1) is 11.8 Å². The molecule has 0 radical (unpaired) electrons. The Labute approximate surface area is 191 Å². The van der Waals surface area contributed by atoms with Crippen LogP contribution in [0, 0.1) is 5.41 Å². The molecule has 32 heavy (non-hydrogen) atoms. The number of benzene rings is 2. The third-order valence-corrected chi connectivity index (χ3v) is 5.59. The summed E-state index contributed by atoms with van der Waals surface area (Å²) in [4.78, 5) is 10.2. The molecule has 162 valence electrons. The SMILES string of the molecule is CC(=N)Nc1ccc(-c2cc(-c3nc(-c4ccc(SC(C)C)cc4)cnc3N)on2)cc1. The van der Waals surface area contributed by atoms with Crippen LogP contribution in [0.2, 0.25) is 0 Å². The van der Waals surface area contributed by atoms with E-state index in [2.05, 4.69) is 41.4 Å². The van der Waals surface area contributed by atoms with Crippen molar-refractivity contribution in [2.75, 3.05) is 11.1 Å². The number of amidine groups is 1. The fourth-order valence-electron chi connectivity index (χ4n) is 3.16. The second-order valence-corrected chi connectivity index (χ2v) is 9.23. The molecule has 0 bridgehead atoms. The molecular formula is C24H24N6OS. The topological polar surface area (TPSA) is 114 Å². The van der Waals surface area contributed by atoms with Gasteiger partial charge in [0, 0.05) is 33.0 Å². The summed E-state index contributed by atoms with van der Waals surface area (Å²) in [5, 5.41) is 15.2. The van der Waals surface area contributed by atoms with E-state index < -0.39 is 0 Å². The molecule has 0 spiro atoms. The molecule has 0 aliphatic carbocycles. The maximum absolute atomic E-state index is 7.52. The van der Waals surface area contributed by atoms with E-state index >= 15 is 0 Å². The van der Waals surface area contributed by atoms with Crippen LogP contribution in [0.15, 0.2) is 70.2 Å². The maximum atomic E-state index is 7.52. The van der Waals surface area contributed by atoms with Gasteiger partial charge < -0.3 is 15.6 Å². The lowest BCUT2D eigenvalue weighted by atomic mass is 10.1. The highest BCUT2D eigenvalue weighted by molar-refractivity contribution is 7.99. The zero-order chi connectivity index (χ0) is 22.7. The first-order chi connectivity index (χ1) is 15.4. The number of nitrogens with one attached hydrogen (secondary N) is 2. The Kier molecular flexibility index (Phi) is 6.23. The van der Waals surface area contributed by atoms with Crippen molar-refractivity contribution in [3.63, 3.8) is 0 Å². The van der Waals surface area contributed by atoms with Gasteiger partial charge >= 0.3 is 0 Å². The molecule has 0 unspecified atom stereocenters. The van der Waals surface area contributed by atoms with Gasteiger partial charge in [0.2, 0.25) is 0 Å². The highest BCUT2D eigenvalue weighted by Crippen LogP contribution is 2.31. The number of rotatable bonds is 6. The Morgan fingerprint density at radius 1 is 1.03 bits per heavy atom. The summed E-state index contributed by atoms with van der Waals surface area (Å²) in [6.07, 6.45) is 1.66. The van der Waals surface area contributed by atoms with Gasteiger partial charge in [-0.3, -0.25) is 5.41 Å². The minimum Gasteiger partial charge on any atom is -0.382 e. The van der Waals surface area contributed by atoms with Crippen molar-refractivity contribution < 1.29 is 4.52 Å². The van der Waals surface area contributed by atoms with Gasteiger partial charge in [-0.1, -0.05) is 43.3 Å². The van der Waals surface area contributed by atoms with Crippen LogP contribution in [-0.4, -0.2) is 26.2 Å². The molecule has 0 fully saturated rings. The molecule has 0 atom stereocenters. The maximum Gasteiger partial charge on any atom is 0.189 e. The summed E-state index contributed by atoms with van der Waals surface area (Å²) in [5.74, 6) is 1.12. The average molecular weight is 445 g/mol. The van der Waals surface area contributed by atoms with E-state index in [0.29, 0.717) is 33.9 Å². The number of nitrogens with zero attached hydrogens (tertiary/aromatic N) is 3. The summed E-state index contributed by atoms with van der Waals surface area (Å²) in [5.41, 5.74) is 10.6. The van der Waals surface area contributed by atoms with Crippen molar-refractivity contribution in [1.29, 1.82) is 5.41 Å². The zero-order valence-corrected chi connectivity index (χ0v) is 18.9. The first kappa shape index (κ1) is 21.6. The Balaban J connectivity index is 1.59. The molecule has 7 nitrogen and oxygen atoms in total. The molecule has 0 amide bonds. The van der Waals surface area contributed by atoms with E-state index in [1.54, 1.807) is 19.2 Å². The van der Waals surface area contributed by atoms with Crippen molar-refractivity contribution in [3.05, 3.63) is 60.8 Å². The van der Waals surface area contributed by atoms with Crippen LogP contribution in [0.1, 0.15) is 20.8 Å². The van der Waals surface area contributed by atoms with Crippen molar-refractivity contribution in [2.45, 2.75) is 30.9 Å². The van der Waals surface area contributed by atoms with E-state index in [-0.39, 0.29) is 5.82 Å². The Bertz CT molecular complexity index is 1230. The second-order valence-electron chi connectivity index (χ2n) is 7.58. The van der Waals surface area contributed by atoms with Gasteiger partial charge in [-0.05, 0) is 31.2 Å². The molecular weight excluding hydrogens is 420 g/mol. The lowest BCUT2D eigenvalue weighted by Gasteiger charge is -2.07. The van der Waals surface area contributed by atoms with Crippen LogP contribution < -0.4 is 11.1 Å². The van der Waals surface area contributed by atoms with Gasteiger partial charge in [-0.25, -0.2) is 9.97 Å². The number of anilines is 2. The summed E-state index contributed by atoms with van der Waals surface area (Å²) in [7, 11) is 0. The third kappa shape index (κ3) is 4.97. The van der Waals surface area contributed by atoms with Crippen LogP contribution >= 0.6 is 11.8 Å². The predicted octanol–water partition coefficient (Wildman–Crippen LogP) is 5.96. The molecule has 2 heterocycles. The Morgan fingerprint density at radius 2 is 1.69 bits per heavy atom. The van der Waals surface area contributed by atoms with Crippen molar-refractivity contribution in [1.82, 2.24) is 15.1 Å². The minimum absolute atomic E-state index is 0.282. The van der Waals surface area contributed by atoms with E-state index in [1.807, 2.05) is 48.2 Å².